The lowest BCUT2D eigenvalue weighted by atomic mass is 10.00. The van der Waals surface area contributed by atoms with Crippen molar-refractivity contribution in [1.82, 2.24) is 0 Å². The third kappa shape index (κ3) is 5.48. The molecule has 188 valence electrons. The minimum atomic E-state index is -3.81. The molecule has 4 saturated heterocycles. The second-order valence-electron chi connectivity index (χ2n) is 8.79. The highest BCUT2D eigenvalue weighted by atomic mass is 31.2. The summed E-state index contributed by atoms with van der Waals surface area (Å²) in [5.41, 5.74) is -1.57. The van der Waals surface area contributed by atoms with Crippen LogP contribution in [0.4, 0.5) is 0 Å². The SMILES string of the molecule is COC[C@@]12COC([C@H](C)O1)[C@H]2OP(C)(=O)[O-].COC[C@]12CO[C@@H](C1OP(C)(=O)[O-])[C@H](C)O2. The molecule has 4 heterocycles. The summed E-state index contributed by atoms with van der Waals surface area (Å²) in [7, 11) is -4.54. The van der Waals surface area contributed by atoms with Crippen LogP contribution in [0.2, 0.25) is 0 Å². The van der Waals surface area contributed by atoms with Gasteiger partial charge in [-0.3, -0.25) is 0 Å². The fraction of sp³-hybridized carbons (Fsp3) is 1.00. The van der Waals surface area contributed by atoms with E-state index in [0.29, 0.717) is 13.2 Å². The van der Waals surface area contributed by atoms with Crippen molar-refractivity contribution >= 4 is 15.2 Å². The number of ether oxygens (including phenoxy) is 6. The molecule has 0 N–H and O–H groups in total. The summed E-state index contributed by atoms with van der Waals surface area (Å²) in [6, 6.07) is 0. The molecule has 0 amide bonds. The van der Waals surface area contributed by atoms with Gasteiger partial charge in [-0.25, -0.2) is 0 Å². The lowest BCUT2D eigenvalue weighted by Crippen LogP contribution is -2.46. The first-order valence-electron chi connectivity index (χ1n) is 10.3. The molecule has 0 radical (unpaired) electrons. The van der Waals surface area contributed by atoms with Gasteiger partial charge in [0.1, 0.15) is 50.8 Å². The maximum Gasteiger partial charge on any atom is 0.144 e. The Kier molecular flexibility index (Phi) is 8.00. The van der Waals surface area contributed by atoms with E-state index in [9.17, 15) is 18.9 Å². The Bertz CT molecular complexity index is 692. The van der Waals surface area contributed by atoms with Gasteiger partial charge in [-0.15, -0.1) is 0 Å². The van der Waals surface area contributed by atoms with Crippen molar-refractivity contribution in [2.75, 3.05) is 54.0 Å². The average Bonchev–Trinajstić information content (AvgIpc) is 3.28. The van der Waals surface area contributed by atoms with Crippen molar-refractivity contribution in [3.8, 4) is 0 Å². The van der Waals surface area contributed by atoms with Crippen LogP contribution in [-0.2, 0) is 46.6 Å². The van der Waals surface area contributed by atoms with Crippen LogP contribution >= 0.6 is 15.2 Å². The zero-order chi connectivity index (χ0) is 23.9. The van der Waals surface area contributed by atoms with E-state index in [4.69, 9.17) is 37.5 Å². The molecule has 32 heavy (non-hydrogen) atoms. The summed E-state index contributed by atoms with van der Waals surface area (Å²) in [5, 5.41) is 0. The third-order valence-electron chi connectivity index (χ3n) is 5.83. The zero-order valence-corrected chi connectivity index (χ0v) is 20.9. The summed E-state index contributed by atoms with van der Waals surface area (Å²) < 4.78 is 65.1. The van der Waals surface area contributed by atoms with E-state index in [-0.39, 0.29) is 37.6 Å². The molecule has 0 spiro atoms. The lowest BCUT2D eigenvalue weighted by molar-refractivity contribution is -0.207. The average molecular weight is 502 g/mol. The Morgan fingerprint density at radius 2 is 1.16 bits per heavy atom. The number of hydrogen-bond acceptors (Lipinski definition) is 12. The van der Waals surface area contributed by atoms with E-state index in [0.717, 1.165) is 13.3 Å². The second-order valence-corrected chi connectivity index (χ2v) is 12.3. The summed E-state index contributed by atoms with van der Waals surface area (Å²) in [4.78, 5) is 22.4. The van der Waals surface area contributed by atoms with E-state index >= 15 is 0 Å². The molecule has 4 aliphatic rings. The smallest absolute Gasteiger partial charge is 0.144 e. The Balaban J connectivity index is 0.000000181. The molecule has 4 rings (SSSR count). The molecular formula is C18H32O12P2-2. The highest BCUT2D eigenvalue weighted by Gasteiger charge is 2.62. The first kappa shape index (κ1) is 26.7. The Hall–Kier alpha value is 0.0600. The van der Waals surface area contributed by atoms with Gasteiger partial charge in [-0.1, -0.05) is 0 Å². The molecule has 0 aromatic heterocycles. The van der Waals surface area contributed by atoms with E-state index in [1.807, 2.05) is 13.8 Å². The fourth-order valence-corrected chi connectivity index (χ4v) is 6.23. The normalized spacial score (nSPS) is 45.9. The molecule has 4 aliphatic heterocycles. The van der Waals surface area contributed by atoms with Gasteiger partial charge in [-0.05, 0) is 13.8 Å². The molecular weight excluding hydrogens is 470 g/mol. The van der Waals surface area contributed by atoms with Crippen molar-refractivity contribution in [2.45, 2.75) is 61.7 Å². The summed E-state index contributed by atoms with van der Waals surface area (Å²) in [5.74, 6) is 0. The van der Waals surface area contributed by atoms with E-state index in [1.165, 1.54) is 14.2 Å². The molecule has 4 fully saturated rings. The van der Waals surface area contributed by atoms with Crippen molar-refractivity contribution in [3.63, 3.8) is 0 Å². The van der Waals surface area contributed by atoms with Crippen LogP contribution in [0.5, 0.6) is 0 Å². The van der Waals surface area contributed by atoms with E-state index in [1.54, 1.807) is 0 Å². The van der Waals surface area contributed by atoms with Gasteiger partial charge in [0.2, 0.25) is 0 Å². The van der Waals surface area contributed by atoms with Gasteiger partial charge in [0.25, 0.3) is 0 Å². The van der Waals surface area contributed by atoms with Crippen molar-refractivity contribution in [2.24, 2.45) is 0 Å². The Morgan fingerprint density at radius 3 is 1.41 bits per heavy atom. The molecule has 12 nitrogen and oxygen atoms in total. The monoisotopic (exact) mass is 502 g/mol. The third-order valence-corrected chi connectivity index (χ3v) is 7.05. The van der Waals surface area contributed by atoms with Gasteiger partial charge in [0.05, 0.1) is 38.6 Å². The second kappa shape index (κ2) is 9.60. The van der Waals surface area contributed by atoms with Crippen LogP contribution in [-0.4, -0.2) is 102 Å². The van der Waals surface area contributed by atoms with Crippen LogP contribution in [0.25, 0.3) is 0 Å². The van der Waals surface area contributed by atoms with Crippen molar-refractivity contribution in [1.29, 1.82) is 0 Å². The highest BCUT2D eigenvalue weighted by molar-refractivity contribution is 7.50. The molecule has 0 aromatic carbocycles. The van der Waals surface area contributed by atoms with Crippen LogP contribution in [0.1, 0.15) is 13.8 Å². The maximum atomic E-state index is 11.2. The van der Waals surface area contributed by atoms with Crippen molar-refractivity contribution < 1.29 is 56.4 Å². The molecule has 4 bridgehead atoms. The standard InChI is InChI=1S/2C9H17O6P/c2*1-6-7-8(15-16(3,10)11)9(14-6,4-12-2)5-13-7/h2*6-8H,4-5H2,1-3H3,(H,10,11)/p-2/t6-,7?,8+,9-;6-,7+,8?,9-/m00/s1. The maximum absolute atomic E-state index is 11.2. The number of rotatable bonds is 8. The van der Waals surface area contributed by atoms with Crippen LogP contribution in [0.15, 0.2) is 0 Å². The number of methoxy groups -OCH3 is 2. The quantitative estimate of drug-likeness (QED) is 0.394. The highest BCUT2D eigenvalue weighted by Crippen LogP contribution is 2.49. The summed E-state index contributed by atoms with van der Waals surface area (Å²) >= 11 is 0. The first-order chi connectivity index (χ1) is 14.8. The van der Waals surface area contributed by atoms with Gasteiger partial charge in [-0.2, -0.15) is 0 Å². The van der Waals surface area contributed by atoms with E-state index in [2.05, 4.69) is 0 Å². The first-order valence-corrected chi connectivity index (χ1v) is 14.2. The van der Waals surface area contributed by atoms with Gasteiger partial charge in [0.15, 0.2) is 0 Å². The number of fused-ring (bicyclic) bond motifs is 4. The minimum absolute atomic E-state index is 0.180. The minimum Gasteiger partial charge on any atom is -0.779 e. The molecule has 14 heteroatoms. The molecule has 4 unspecified atom stereocenters. The predicted molar refractivity (Wildman–Crippen MR) is 107 cm³/mol. The number of hydrogen-bond donors (Lipinski definition) is 0. The van der Waals surface area contributed by atoms with Crippen LogP contribution < -0.4 is 9.79 Å². The molecule has 0 aliphatic carbocycles. The topological polar surface area (TPSA) is 154 Å². The molecule has 0 saturated carbocycles. The largest absolute Gasteiger partial charge is 0.779 e. The lowest BCUT2D eigenvalue weighted by Gasteiger charge is -2.31. The van der Waals surface area contributed by atoms with Crippen LogP contribution in [0, 0.1) is 0 Å². The molecule has 10 atom stereocenters. The van der Waals surface area contributed by atoms with Gasteiger partial charge < -0.3 is 56.4 Å². The summed E-state index contributed by atoms with van der Waals surface area (Å²) in [6.45, 7) is 6.91. The van der Waals surface area contributed by atoms with Gasteiger partial charge >= 0.3 is 0 Å². The van der Waals surface area contributed by atoms with E-state index < -0.39 is 38.6 Å². The Morgan fingerprint density at radius 1 is 0.812 bits per heavy atom. The summed E-state index contributed by atoms with van der Waals surface area (Å²) in [6.07, 6.45) is -2.23. The molecule has 0 aromatic rings. The van der Waals surface area contributed by atoms with Gasteiger partial charge in [0, 0.05) is 27.5 Å². The fourth-order valence-electron chi connectivity index (χ4n) is 4.78. The van der Waals surface area contributed by atoms with Crippen LogP contribution in [0.3, 0.4) is 0 Å². The zero-order valence-electron chi connectivity index (χ0n) is 19.1. The Labute approximate surface area is 187 Å². The van der Waals surface area contributed by atoms with Crippen molar-refractivity contribution in [3.05, 3.63) is 0 Å². The predicted octanol–water partition coefficient (Wildman–Crippen LogP) is -0.485.